The number of carbonyl (C=O) groups excluding carboxylic acids is 2. The maximum absolute atomic E-state index is 14.3. The minimum atomic E-state index is -0.661. The lowest BCUT2D eigenvalue weighted by molar-refractivity contribution is -0.908. The lowest BCUT2D eigenvalue weighted by Crippen LogP contribution is -2.68. The minimum absolute atomic E-state index is 0.0119. The van der Waals surface area contributed by atoms with Gasteiger partial charge < -0.3 is 14.6 Å². The molecule has 4 aliphatic carbocycles. The molecule has 2 bridgehead atoms. The van der Waals surface area contributed by atoms with Crippen LogP contribution in [0.4, 0.5) is 0 Å². The molecule has 5 heteroatoms. The number of allylic oxidation sites excluding steroid dienone is 3. The van der Waals surface area contributed by atoms with Gasteiger partial charge >= 0.3 is 5.97 Å². The van der Waals surface area contributed by atoms with E-state index in [9.17, 15) is 14.8 Å². The molecule has 2 saturated heterocycles. The molecule has 0 N–H and O–H groups in total. The SMILES string of the molecule is COC(=O)C1=C2CCC3=C2[C@@]2(C1)C(=O)[C@@H]1C[C@@H]4[C@@]2(C)[C@H](CC3)C[N+]4([O-])CC1C. The Hall–Kier alpha value is -1.46. The third-order valence-corrected chi connectivity index (χ3v) is 9.87. The quantitative estimate of drug-likeness (QED) is 0.396. The zero-order chi connectivity index (χ0) is 19.6. The second-order valence-electron chi connectivity index (χ2n) is 10.5. The standard InChI is InChI=1S/C23H29NO4/c1-12-10-24(27)11-14-6-4-13-5-7-15-17(21(26)28-3)9-23(19(13)15)20(25)16(12)8-18(24)22(14,23)2/h12,14,16,18H,4-11H2,1-3H3/t12?,14-,16-,18-,22-,23+,24?/m1/s1. The number of hydrogen-bond donors (Lipinski definition) is 0. The molecule has 1 spiro atoms. The van der Waals surface area contributed by atoms with Gasteiger partial charge in [-0.1, -0.05) is 19.4 Å². The van der Waals surface area contributed by atoms with E-state index in [1.165, 1.54) is 18.3 Å². The van der Waals surface area contributed by atoms with Gasteiger partial charge in [0, 0.05) is 35.2 Å². The maximum atomic E-state index is 14.3. The predicted molar refractivity (Wildman–Crippen MR) is 103 cm³/mol. The smallest absolute Gasteiger partial charge is 0.334 e. The van der Waals surface area contributed by atoms with Gasteiger partial charge in [0.1, 0.15) is 5.78 Å². The molecule has 5 nitrogen and oxygen atoms in total. The van der Waals surface area contributed by atoms with E-state index in [4.69, 9.17) is 4.74 Å². The number of methoxy groups -OCH3 is 1. The fourth-order valence-corrected chi connectivity index (χ4v) is 8.80. The van der Waals surface area contributed by atoms with Gasteiger partial charge in [0.2, 0.25) is 0 Å². The molecule has 0 radical (unpaired) electrons. The molecular formula is C23H29NO4. The first-order valence-corrected chi connectivity index (χ1v) is 10.9. The predicted octanol–water partition coefficient (Wildman–Crippen LogP) is 3.29. The van der Waals surface area contributed by atoms with Crippen molar-refractivity contribution in [3.05, 3.63) is 27.5 Å². The monoisotopic (exact) mass is 383 g/mol. The van der Waals surface area contributed by atoms with Crippen molar-refractivity contribution in [2.45, 2.75) is 58.4 Å². The third-order valence-electron chi connectivity index (χ3n) is 9.87. The first-order chi connectivity index (χ1) is 13.3. The first-order valence-electron chi connectivity index (χ1n) is 10.9. The number of nitrogens with zero attached hydrogens (tertiary/aromatic N) is 1. The Balaban J connectivity index is 1.65. The van der Waals surface area contributed by atoms with Crippen molar-refractivity contribution in [3.63, 3.8) is 0 Å². The van der Waals surface area contributed by atoms with Crippen molar-refractivity contribution in [1.82, 2.24) is 0 Å². The number of quaternary nitrogens is 1. The Labute approximate surface area is 166 Å². The van der Waals surface area contributed by atoms with Crippen LogP contribution in [0, 0.1) is 33.8 Å². The van der Waals surface area contributed by atoms with Crippen molar-refractivity contribution in [2.24, 2.45) is 28.6 Å². The number of Topliss-reactive ketones (excluding diaryl/α,β-unsaturated/α-hetero) is 1. The summed E-state index contributed by atoms with van der Waals surface area (Å²) in [4.78, 5) is 27.0. The molecule has 150 valence electrons. The van der Waals surface area contributed by atoms with Crippen molar-refractivity contribution < 1.29 is 19.0 Å². The number of hydrogen-bond acceptors (Lipinski definition) is 4. The van der Waals surface area contributed by atoms with E-state index < -0.39 is 5.41 Å². The summed E-state index contributed by atoms with van der Waals surface area (Å²) in [6, 6.07) is -0.0119. The van der Waals surface area contributed by atoms with Crippen LogP contribution >= 0.6 is 0 Å². The van der Waals surface area contributed by atoms with E-state index in [0.29, 0.717) is 25.3 Å². The Morgan fingerprint density at radius 1 is 1.25 bits per heavy atom. The van der Waals surface area contributed by atoms with Crippen LogP contribution in [0.1, 0.15) is 52.4 Å². The number of rotatable bonds is 1. The van der Waals surface area contributed by atoms with Crippen LogP contribution in [-0.2, 0) is 14.3 Å². The summed E-state index contributed by atoms with van der Waals surface area (Å²) in [6.07, 6.45) is 5.03. The highest BCUT2D eigenvalue weighted by atomic mass is 16.6. The van der Waals surface area contributed by atoms with Crippen LogP contribution in [0.2, 0.25) is 0 Å². The molecule has 1 saturated carbocycles. The Morgan fingerprint density at radius 3 is 2.79 bits per heavy atom. The van der Waals surface area contributed by atoms with Crippen molar-refractivity contribution in [1.29, 1.82) is 0 Å². The molecule has 6 aliphatic rings. The van der Waals surface area contributed by atoms with E-state index in [2.05, 4.69) is 13.8 Å². The van der Waals surface area contributed by atoms with E-state index >= 15 is 0 Å². The molecule has 2 unspecified atom stereocenters. The van der Waals surface area contributed by atoms with Crippen LogP contribution in [0.5, 0.6) is 0 Å². The molecule has 0 aromatic carbocycles. The Morgan fingerprint density at radius 2 is 2.04 bits per heavy atom. The maximum Gasteiger partial charge on any atom is 0.334 e. The van der Waals surface area contributed by atoms with Gasteiger partial charge in [-0.15, -0.1) is 0 Å². The van der Waals surface area contributed by atoms with E-state index in [1.807, 2.05) is 0 Å². The average Bonchev–Trinajstić information content (AvgIpc) is 3.26. The molecular weight excluding hydrogens is 354 g/mol. The van der Waals surface area contributed by atoms with E-state index in [-0.39, 0.29) is 39.8 Å². The van der Waals surface area contributed by atoms with Gasteiger partial charge in [0.05, 0.1) is 31.7 Å². The molecule has 2 aliphatic heterocycles. The van der Waals surface area contributed by atoms with E-state index in [0.717, 1.165) is 43.3 Å². The van der Waals surface area contributed by atoms with Crippen LogP contribution in [0.25, 0.3) is 0 Å². The summed E-state index contributed by atoms with van der Waals surface area (Å²) < 4.78 is 5.03. The fraction of sp³-hybridized carbons (Fsp3) is 0.739. The molecule has 0 aromatic rings. The minimum Gasteiger partial charge on any atom is -0.633 e. The molecule has 6 rings (SSSR count). The Bertz CT molecular complexity index is 902. The molecule has 0 aromatic heterocycles. The second-order valence-corrected chi connectivity index (χ2v) is 10.5. The summed E-state index contributed by atoms with van der Waals surface area (Å²) >= 11 is 0. The molecule has 2 heterocycles. The fourth-order valence-electron chi connectivity index (χ4n) is 8.80. The molecule has 7 atom stereocenters. The zero-order valence-electron chi connectivity index (χ0n) is 17.0. The largest absolute Gasteiger partial charge is 0.633 e. The summed E-state index contributed by atoms with van der Waals surface area (Å²) in [5, 5.41) is 14.0. The van der Waals surface area contributed by atoms with Crippen LogP contribution in [0.3, 0.4) is 0 Å². The first kappa shape index (κ1) is 17.4. The van der Waals surface area contributed by atoms with Gasteiger partial charge in [-0.2, -0.15) is 0 Å². The van der Waals surface area contributed by atoms with Gasteiger partial charge in [0.25, 0.3) is 0 Å². The molecule has 0 amide bonds. The summed E-state index contributed by atoms with van der Waals surface area (Å²) in [5.74, 6) is 0.405. The van der Waals surface area contributed by atoms with Crippen LogP contribution in [-0.4, -0.2) is 42.6 Å². The molecule has 28 heavy (non-hydrogen) atoms. The highest BCUT2D eigenvalue weighted by molar-refractivity contribution is 6.01. The number of hydroxylamine groups is 3. The number of fused-ring (bicyclic) bond motifs is 1. The van der Waals surface area contributed by atoms with Crippen molar-refractivity contribution in [2.75, 3.05) is 20.2 Å². The van der Waals surface area contributed by atoms with Crippen molar-refractivity contribution >= 4 is 11.8 Å². The van der Waals surface area contributed by atoms with Crippen molar-refractivity contribution in [3.8, 4) is 0 Å². The third kappa shape index (κ3) is 1.59. The summed E-state index contributed by atoms with van der Waals surface area (Å²) in [5.41, 5.74) is 3.41. The highest BCUT2D eigenvalue weighted by Crippen LogP contribution is 2.74. The van der Waals surface area contributed by atoms with E-state index in [1.54, 1.807) is 0 Å². The number of ketones is 1. The summed E-state index contributed by atoms with van der Waals surface area (Å²) in [7, 11) is 1.44. The number of piperidine rings is 1. The Kier molecular flexibility index (Phi) is 3.10. The highest BCUT2D eigenvalue weighted by Gasteiger charge is 2.78. The lowest BCUT2D eigenvalue weighted by atomic mass is 9.45. The number of ether oxygens (including phenoxy) is 1. The normalized spacial score (nSPS) is 50.8. The van der Waals surface area contributed by atoms with Gasteiger partial charge in [0.15, 0.2) is 0 Å². The zero-order valence-corrected chi connectivity index (χ0v) is 17.0. The van der Waals surface area contributed by atoms with Gasteiger partial charge in [-0.25, -0.2) is 4.79 Å². The lowest BCUT2D eigenvalue weighted by Gasteiger charge is -2.62. The second kappa shape index (κ2) is 4.99. The molecule has 3 fully saturated rings. The topological polar surface area (TPSA) is 66.4 Å². The number of carbonyl (C=O) groups is 2. The average molecular weight is 383 g/mol. The van der Waals surface area contributed by atoms with Crippen LogP contribution in [0.15, 0.2) is 22.3 Å². The van der Waals surface area contributed by atoms with Crippen LogP contribution < -0.4 is 0 Å². The summed E-state index contributed by atoms with van der Waals surface area (Å²) in [6.45, 7) is 5.58. The van der Waals surface area contributed by atoms with Gasteiger partial charge in [-0.3, -0.25) is 4.79 Å². The van der Waals surface area contributed by atoms with Gasteiger partial charge in [-0.05, 0) is 43.3 Å². The number of esters is 1.